The van der Waals surface area contributed by atoms with Crippen LogP contribution in [-0.2, 0) is 4.79 Å². The second-order valence-electron chi connectivity index (χ2n) is 3.04. The van der Waals surface area contributed by atoms with E-state index in [9.17, 15) is 4.79 Å². The van der Waals surface area contributed by atoms with Gasteiger partial charge in [0.1, 0.15) is 0 Å². The van der Waals surface area contributed by atoms with E-state index in [-0.39, 0.29) is 5.92 Å². The van der Waals surface area contributed by atoms with E-state index in [0.29, 0.717) is 0.963 Å². The normalized spacial score (nSPS) is 19.8. The molecule has 0 saturated heterocycles. The van der Waals surface area contributed by atoms with Crippen molar-refractivity contribution in [3.8, 4) is 0 Å². The van der Waals surface area contributed by atoms with Gasteiger partial charge in [-0.2, -0.15) is 0 Å². The average molecular weight is 438 g/mol. The fourth-order valence-electron chi connectivity index (χ4n) is 1.50. The molecule has 1 aliphatic rings. The van der Waals surface area contributed by atoms with Crippen LogP contribution in [0.1, 0.15) is 18.4 Å². The van der Waals surface area contributed by atoms with E-state index >= 15 is 0 Å². The summed E-state index contributed by atoms with van der Waals surface area (Å²) in [4.78, 5) is 11.4. The molecule has 3 heteroatoms. The minimum atomic E-state index is -1.33. The molecule has 1 nitrogen and oxygen atoms in total. The molecule has 1 aliphatic heterocycles. The predicted molar refractivity (Wildman–Crippen MR) is 47.2 cm³/mol. The third-order valence-electron chi connectivity index (χ3n) is 2.24. The van der Waals surface area contributed by atoms with Crippen LogP contribution in [0.5, 0.6) is 0 Å². The number of halogens is 1. The Morgan fingerprint density at radius 2 is 2.25 bits per heavy atom. The number of fused-ring (bicyclic) bond motifs is 1. The Balaban J connectivity index is 2.54. The Morgan fingerprint density at radius 1 is 1.50 bits per heavy atom. The molecule has 1 atom stereocenters. The van der Waals surface area contributed by atoms with Crippen molar-refractivity contribution in [2.75, 3.05) is 0 Å². The van der Waals surface area contributed by atoms with Gasteiger partial charge in [-0.1, -0.05) is 0 Å². The van der Waals surface area contributed by atoms with Crippen molar-refractivity contribution in [1.29, 1.82) is 0 Å². The van der Waals surface area contributed by atoms with Crippen molar-refractivity contribution in [2.24, 2.45) is 0 Å². The van der Waals surface area contributed by atoms with Crippen molar-refractivity contribution in [3.05, 3.63) is 28.2 Å². The number of carbonyl (C=O) groups excluding carboxylic acids is 1. The molecule has 2 rings (SSSR count). The zero-order chi connectivity index (χ0) is 8.72. The molecule has 59 valence electrons. The van der Waals surface area contributed by atoms with Gasteiger partial charge in [-0.15, -0.1) is 0 Å². The summed E-state index contributed by atoms with van der Waals surface area (Å²) in [6.45, 7) is 2.03. The Labute approximate surface area is 102 Å². The fourth-order valence-corrected chi connectivity index (χ4v) is 9.09. The van der Waals surface area contributed by atoms with Gasteiger partial charge >= 0.3 is 103 Å². The Hall–Kier alpha value is 0.812. The molecule has 0 radical (unpaired) electrons. The molecule has 0 spiro atoms. The maximum absolute atomic E-state index is 11.4. The van der Waals surface area contributed by atoms with Crippen molar-refractivity contribution in [3.63, 3.8) is 0 Å². The van der Waals surface area contributed by atoms with Crippen LogP contribution in [0.15, 0.2) is 22.7 Å². The van der Waals surface area contributed by atoms with Gasteiger partial charge in [0.15, 0.2) is 0 Å². The van der Waals surface area contributed by atoms with E-state index in [1.54, 1.807) is 0 Å². The number of hydrogen-bond acceptors (Lipinski definition) is 1. The van der Waals surface area contributed by atoms with Crippen LogP contribution in [0.25, 0.3) is 0 Å². The van der Waals surface area contributed by atoms with E-state index in [4.69, 9.17) is 0 Å². The first-order chi connectivity index (χ1) is 5.68. The summed E-state index contributed by atoms with van der Waals surface area (Å²) in [5.74, 6) is 0.202. The molecule has 12 heavy (non-hydrogen) atoms. The van der Waals surface area contributed by atoms with Gasteiger partial charge in [0.2, 0.25) is 0 Å². The van der Waals surface area contributed by atoms with Crippen molar-refractivity contribution < 1.29 is 44.5 Å². The number of rotatable bonds is 0. The van der Waals surface area contributed by atoms with Gasteiger partial charge in [-0.3, -0.25) is 0 Å². The van der Waals surface area contributed by atoms with Crippen molar-refractivity contribution in [2.45, 2.75) is 12.8 Å². The van der Waals surface area contributed by atoms with Gasteiger partial charge in [0.25, 0.3) is 0 Å². The van der Waals surface area contributed by atoms with Crippen LogP contribution in [0.2, 0.25) is 0 Å². The van der Waals surface area contributed by atoms with Crippen LogP contribution in [0.3, 0.4) is 0 Å². The monoisotopic (exact) mass is 437 g/mol. The first-order valence-corrected chi connectivity index (χ1v) is 9.40. The second-order valence-corrected chi connectivity index (χ2v) is 10.0. The SMILES string of the molecule is CC1[C](=O)[Ac][c]2cc(Br)ccc21. The first-order valence-electron chi connectivity index (χ1n) is 3.86. The molecule has 0 N–H and O–H groups in total. The summed E-state index contributed by atoms with van der Waals surface area (Å²) in [5, 5.41) is 0. The number of hydrogen-bond donors (Lipinski definition) is 0. The van der Waals surface area contributed by atoms with Crippen LogP contribution in [-0.4, -0.2) is 0.963 Å². The van der Waals surface area contributed by atoms with E-state index in [0.717, 1.165) is 4.47 Å². The summed E-state index contributed by atoms with van der Waals surface area (Å²) in [6.07, 6.45) is 0. The quantitative estimate of drug-likeness (QED) is 0.605. The molecule has 1 unspecified atom stereocenters. The van der Waals surface area contributed by atoms with E-state index in [1.807, 2.05) is 13.0 Å². The number of carbonyl (C=O) groups is 1. The Kier molecular flexibility index (Phi) is 2.75. The third kappa shape index (κ3) is 1.56. The predicted octanol–water partition coefficient (Wildman–Crippen LogP) is 1.80. The van der Waals surface area contributed by atoms with Crippen molar-refractivity contribution in [1.82, 2.24) is 0 Å². The molecule has 0 fully saturated rings. The summed E-state index contributed by atoms with van der Waals surface area (Å²) in [6, 6.07) is 6.26. The third-order valence-corrected chi connectivity index (χ3v) is 9.29. The van der Waals surface area contributed by atoms with Crippen LogP contribution in [0, 0.1) is 39.7 Å². The van der Waals surface area contributed by atoms with Crippen LogP contribution >= 0.6 is 15.9 Å². The minimum absolute atomic E-state index is 0.202. The summed E-state index contributed by atoms with van der Waals surface area (Å²) in [5.41, 5.74) is 1.29. The average Bonchev–Trinajstić information content (AvgIpc) is 2.28. The second kappa shape index (κ2) is 3.52. The molecule has 0 saturated carbocycles. The van der Waals surface area contributed by atoms with Gasteiger partial charge in [-0.25, -0.2) is 0 Å². The molecule has 0 amide bonds. The Morgan fingerprint density at radius 3 is 3.00 bits per heavy atom. The van der Waals surface area contributed by atoms with Crippen LogP contribution < -0.4 is 0.743 Å². The van der Waals surface area contributed by atoms with Gasteiger partial charge < -0.3 is 0 Å². The summed E-state index contributed by atoms with van der Waals surface area (Å²) in [7, 11) is 0. The molecular weight excluding hydrogens is 431 g/mol. The number of benzene rings is 1. The standard InChI is InChI=1S/C9H7BrO.Ac/c1-7(6-11)8-2-4-9(10)5-3-8;/h2,4-5,7H,1H3;. The summed E-state index contributed by atoms with van der Waals surface area (Å²) >= 11 is 2.09. The van der Waals surface area contributed by atoms with Crippen molar-refractivity contribution >= 4 is 17.6 Å². The van der Waals surface area contributed by atoms with Crippen LogP contribution in [0.4, 0.5) is 0 Å². The molecular formula is C9H7AcBrO. The van der Waals surface area contributed by atoms with Gasteiger partial charge in [0.05, 0.1) is 0 Å². The zero-order valence-electron chi connectivity index (χ0n) is 6.67. The zero-order valence-corrected chi connectivity index (χ0v) is 13.0. The molecule has 1 aromatic rings. The molecule has 0 bridgehead atoms. The van der Waals surface area contributed by atoms with Gasteiger partial charge in [-0.05, 0) is 0 Å². The maximum atomic E-state index is 11.4. The van der Waals surface area contributed by atoms with E-state index < -0.39 is 39.7 Å². The first kappa shape index (κ1) is 9.37. The van der Waals surface area contributed by atoms with E-state index in [2.05, 4.69) is 28.1 Å². The van der Waals surface area contributed by atoms with E-state index in [1.165, 1.54) is 6.31 Å². The fraction of sp³-hybridized carbons (Fsp3) is 0.222. The molecule has 1 heterocycles. The summed E-state index contributed by atoms with van der Waals surface area (Å²) < 4.78 is 3.07. The molecule has 1 aromatic carbocycles. The molecule has 0 aliphatic carbocycles. The molecule has 0 aromatic heterocycles. The Bertz CT molecular complexity index is 348. The van der Waals surface area contributed by atoms with Gasteiger partial charge in [0, 0.05) is 0 Å². The topological polar surface area (TPSA) is 17.1 Å².